The summed E-state index contributed by atoms with van der Waals surface area (Å²) in [5, 5.41) is 7.82. The summed E-state index contributed by atoms with van der Waals surface area (Å²) in [6, 6.07) is 6.95. The van der Waals surface area contributed by atoms with E-state index in [9.17, 15) is 14.4 Å². The minimum absolute atomic E-state index is 0.0415. The summed E-state index contributed by atoms with van der Waals surface area (Å²) in [5.74, 6) is 0.636. The third kappa shape index (κ3) is 7.05. The van der Waals surface area contributed by atoms with Crippen LogP contribution in [0.15, 0.2) is 29.6 Å². The maximum atomic E-state index is 12.9. The zero-order chi connectivity index (χ0) is 23.1. The van der Waals surface area contributed by atoms with E-state index in [1.54, 1.807) is 41.7 Å². The van der Waals surface area contributed by atoms with Gasteiger partial charge in [0.1, 0.15) is 12.3 Å². The van der Waals surface area contributed by atoms with E-state index in [-0.39, 0.29) is 36.7 Å². The average molecular weight is 459 g/mol. The number of carbonyl (C=O) groups is 3. The van der Waals surface area contributed by atoms with Crippen LogP contribution in [0.3, 0.4) is 0 Å². The first-order valence-electron chi connectivity index (χ1n) is 10.8. The molecule has 1 aromatic carbocycles. The summed E-state index contributed by atoms with van der Waals surface area (Å²) >= 11 is 1.27. The van der Waals surface area contributed by atoms with Gasteiger partial charge in [-0.2, -0.15) is 0 Å². The number of amides is 3. The number of thiazole rings is 1. The largest absolute Gasteiger partial charge is 0.497 e. The minimum atomic E-state index is -0.305. The molecule has 1 aromatic heterocycles. The molecule has 2 aromatic rings. The van der Waals surface area contributed by atoms with Gasteiger partial charge in [-0.1, -0.05) is 13.8 Å². The van der Waals surface area contributed by atoms with Crippen molar-refractivity contribution in [2.75, 3.05) is 25.5 Å². The Labute approximate surface area is 192 Å². The molecule has 0 saturated heterocycles. The number of methoxy groups -OCH3 is 1. The van der Waals surface area contributed by atoms with Crippen molar-refractivity contribution in [3.05, 3.63) is 40.9 Å². The van der Waals surface area contributed by atoms with Crippen molar-refractivity contribution >= 4 is 34.2 Å². The fraction of sp³-hybridized carbons (Fsp3) is 0.478. The van der Waals surface area contributed by atoms with E-state index in [0.29, 0.717) is 34.6 Å². The number of benzene rings is 1. The van der Waals surface area contributed by atoms with Crippen LogP contribution in [0.2, 0.25) is 0 Å². The second-order valence-corrected chi connectivity index (χ2v) is 9.15. The molecule has 0 aliphatic heterocycles. The third-order valence-corrected chi connectivity index (χ3v) is 5.89. The zero-order valence-electron chi connectivity index (χ0n) is 18.7. The number of hydrogen-bond acceptors (Lipinski definition) is 6. The van der Waals surface area contributed by atoms with Gasteiger partial charge in [0.2, 0.25) is 11.8 Å². The molecule has 1 aliphatic carbocycles. The van der Waals surface area contributed by atoms with Gasteiger partial charge in [-0.15, -0.1) is 11.3 Å². The van der Waals surface area contributed by atoms with Crippen LogP contribution in [0.1, 0.15) is 49.2 Å². The molecule has 3 rings (SSSR count). The molecule has 172 valence electrons. The van der Waals surface area contributed by atoms with E-state index in [0.717, 1.165) is 19.3 Å². The first-order chi connectivity index (χ1) is 15.4. The molecule has 3 amide bonds. The standard InChI is InChI=1S/C23H30N4O4S/c1-15(2)10-11-24-20(28)12-17-14-32-23(25-17)26-21(29)13-27(18-6-7-18)22(30)16-4-8-19(31-3)9-5-16/h4-5,8-9,14-15,18H,6-7,10-13H2,1-3H3,(H,24,28)(H,25,26,29). The predicted octanol–water partition coefficient (Wildman–Crippen LogP) is 3.10. The van der Waals surface area contributed by atoms with Crippen molar-refractivity contribution in [1.82, 2.24) is 15.2 Å². The van der Waals surface area contributed by atoms with Crippen LogP contribution in [0, 0.1) is 5.92 Å². The number of hydrogen-bond donors (Lipinski definition) is 2. The van der Waals surface area contributed by atoms with Crippen molar-refractivity contribution in [2.45, 2.75) is 45.6 Å². The van der Waals surface area contributed by atoms with E-state index >= 15 is 0 Å². The molecule has 1 saturated carbocycles. The van der Waals surface area contributed by atoms with Crippen LogP contribution in [0.4, 0.5) is 5.13 Å². The van der Waals surface area contributed by atoms with E-state index in [2.05, 4.69) is 29.5 Å². The highest BCUT2D eigenvalue weighted by Crippen LogP contribution is 2.28. The molecule has 0 bridgehead atoms. The van der Waals surface area contributed by atoms with Crippen molar-refractivity contribution < 1.29 is 19.1 Å². The van der Waals surface area contributed by atoms with Crippen LogP contribution in [-0.4, -0.2) is 53.8 Å². The van der Waals surface area contributed by atoms with Gasteiger partial charge in [0.25, 0.3) is 5.91 Å². The van der Waals surface area contributed by atoms with Crippen LogP contribution in [0.25, 0.3) is 0 Å². The van der Waals surface area contributed by atoms with Gasteiger partial charge >= 0.3 is 0 Å². The number of nitrogens with one attached hydrogen (secondary N) is 2. The lowest BCUT2D eigenvalue weighted by Crippen LogP contribution is -2.39. The van der Waals surface area contributed by atoms with Gasteiger partial charge in [-0.3, -0.25) is 14.4 Å². The molecule has 1 fully saturated rings. The highest BCUT2D eigenvalue weighted by atomic mass is 32.1. The normalized spacial score (nSPS) is 13.0. The molecule has 0 atom stereocenters. The Morgan fingerprint density at radius 3 is 2.53 bits per heavy atom. The lowest BCUT2D eigenvalue weighted by molar-refractivity contribution is -0.120. The highest BCUT2D eigenvalue weighted by Gasteiger charge is 2.34. The second kappa shape index (κ2) is 11.1. The van der Waals surface area contributed by atoms with E-state index < -0.39 is 0 Å². The van der Waals surface area contributed by atoms with Gasteiger partial charge in [0, 0.05) is 23.5 Å². The van der Waals surface area contributed by atoms with Gasteiger partial charge in [-0.25, -0.2) is 4.98 Å². The van der Waals surface area contributed by atoms with Crippen LogP contribution < -0.4 is 15.4 Å². The fourth-order valence-corrected chi connectivity index (χ4v) is 3.87. The highest BCUT2D eigenvalue weighted by molar-refractivity contribution is 7.13. The van der Waals surface area contributed by atoms with Gasteiger partial charge in [0.15, 0.2) is 5.13 Å². The van der Waals surface area contributed by atoms with E-state index in [1.807, 2.05) is 0 Å². The van der Waals surface area contributed by atoms with Crippen molar-refractivity contribution in [3.63, 3.8) is 0 Å². The van der Waals surface area contributed by atoms with Crippen LogP contribution in [-0.2, 0) is 16.0 Å². The summed E-state index contributed by atoms with van der Waals surface area (Å²) < 4.78 is 5.13. The first-order valence-corrected chi connectivity index (χ1v) is 11.7. The zero-order valence-corrected chi connectivity index (χ0v) is 19.5. The maximum Gasteiger partial charge on any atom is 0.254 e. The fourth-order valence-electron chi connectivity index (χ4n) is 3.14. The molecular weight excluding hydrogens is 428 g/mol. The van der Waals surface area contributed by atoms with Crippen molar-refractivity contribution in [2.24, 2.45) is 5.92 Å². The molecule has 2 N–H and O–H groups in total. The molecule has 1 aliphatic rings. The Kier molecular flexibility index (Phi) is 8.21. The lowest BCUT2D eigenvalue weighted by atomic mass is 10.1. The number of ether oxygens (including phenoxy) is 1. The van der Waals surface area contributed by atoms with Crippen molar-refractivity contribution in [3.8, 4) is 5.75 Å². The second-order valence-electron chi connectivity index (χ2n) is 8.29. The summed E-state index contributed by atoms with van der Waals surface area (Å²) in [7, 11) is 1.57. The molecule has 32 heavy (non-hydrogen) atoms. The monoisotopic (exact) mass is 458 g/mol. The quantitative estimate of drug-likeness (QED) is 0.539. The lowest BCUT2D eigenvalue weighted by Gasteiger charge is -2.21. The van der Waals surface area contributed by atoms with Crippen molar-refractivity contribution in [1.29, 1.82) is 0 Å². The van der Waals surface area contributed by atoms with E-state index in [1.165, 1.54) is 11.3 Å². The van der Waals surface area contributed by atoms with Gasteiger partial charge in [0.05, 0.1) is 19.2 Å². The Hall–Kier alpha value is -2.94. The van der Waals surface area contributed by atoms with E-state index in [4.69, 9.17) is 4.74 Å². The van der Waals surface area contributed by atoms with Crippen LogP contribution >= 0.6 is 11.3 Å². The average Bonchev–Trinajstić information content (AvgIpc) is 3.52. The summed E-state index contributed by atoms with van der Waals surface area (Å²) in [6.45, 7) is 4.82. The SMILES string of the molecule is COc1ccc(C(=O)N(CC(=O)Nc2nc(CC(=O)NCCC(C)C)cs2)C2CC2)cc1. The molecule has 9 heteroatoms. The first kappa shape index (κ1) is 23.7. The number of anilines is 1. The summed E-state index contributed by atoms with van der Waals surface area (Å²) in [6.07, 6.45) is 2.89. The Bertz CT molecular complexity index is 938. The molecule has 1 heterocycles. The Balaban J connectivity index is 1.52. The number of nitrogens with zero attached hydrogens (tertiary/aromatic N) is 2. The minimum Gasteiger partial charge on any atom is -0.497 e. The Morgan fingerprint density at radius 2 is 1.91 bits per heavy atom. The number of aromatic nitrogens is 1. The molecule has 0 unspecified atom stereocenters. The summed E-state index contributed by atoms with van der Waals surface area (Å²) in [5.41, 5.74) is 1.13. The smallest absolute Gasteiger partial charge is 0.254 e. The molecule has 0 spiro atoms. The maximum absolute atomic E-state index is 12.9. The summed E-state index contributed by atoms with van der Waals surface area (Å²) in [4.78, 5) is 43.5. The number of carbonyl (C=O) groups excluding carboxylic acids is 3. The molecular formula is C23H30N4O4S. The Morgan fingerprint density at radius 1 is 1.19 bits per heavy atom. The topological polar surface area (TPSA) is 101 Å². The number of rotatable bonds is 11. The van der Waals surface area contributed by atoms with Crippen LogP contribution in [0.5, 0.6) is 5.75 Å². The van der Waals surface area contributed by atoms with Gasteiger partial charge < -0.3 is 20.3 Å². The van der Waals surface area contributed by atoms with Gasteiger partial charge in [-0.05, 0) is 49.4 Å². The third-order valence-electron chi connectivity index (χ3n) is 5.08. The predicted molar refractivity (Wildman–Crippen MR) is 124 cm³/mol. The molecule has 8 nitrogen and oxygen atoms in total. The molecule has 0 radical (unpaired) electrons.